The number of ether oxygens (including phenoxy) is 1. The zero-order valence-electron chi connectivity index (χ0n) is 5.40. The van der Waals surface area contributed by atoms with E-state index in [1.54, 1.807) is 0 Å². The molecule has 0 bridgehead atoms. The average molecular weight is 147 g/mol. The quantitative estimate of drug-likeness (QED) is 0.376. The van der Waals surface area contributed by atoms with Crippen LogP contribution in [0.3, 0.4) is 0 Å². The lowest BCUT2D eigenvalue weighted by molar-refractivity contribution is 0.241. The van der Waals surface area contributed by atoms with Crippen molar-refractivity contribution in [3.05, 3.63) is 0 Å². The molecule has 1 nitrogen and oxygen atoms in total. The van der Waals surface area contributed by atoms with Crippen LogP contribution in [0.5, 0.6) is 0 Å². The van der Waals surface area contributed by atoms with Gasteiger partial charge in [-0.15, -0.1) is 11.6 Å². The van der Waals surface area contributed by atoms with Gasteiger partial charge in [0.25, 0.3) is 0 Å². The smallest absolute Gasteiger partial charge is 0.108 e. The van der Waals surface area contributed by atoms with Crippen molar-refractivity contribution in [2.45, 2.75) is 36.7 Å². The molecule has 0 aromatic rings. The van der Waals surface area contributed by atoms with E-state index in [2.05, 4.69) is 0 Å². The number of hydrogen-bond donors (Lipinski definition) is 0. The van der Waals surface area contributed by atoms with Gasteiger partial charge in [-0.3, -0.25) is 0 Å². The van der Waals surface area contributed by atoms with E-state index in [-0.39, 0.29) is 5.60 Å². The van der Waals surface area contributed by atoms with Crippen molar-refractivity contribution < 1.29 is 4.74 Å². The van der Waals surface area contributed by atoms with Gasteiger partial charge in [-0.2, -0.15) is 0 Å². The first-order valence-electron chi connectivity index (χ1n) is 3.62. The van der Waals surface area contributed by atoms with Crippen molar-refractivity contribution in [3.8, 4) is 0 Å². The normalized spacial score (nSPS) is 49.7. The van der Waals surface area contributed by atoms with Gasteiger partial charge >= 0.3 is 0 Å². The zero-order valence-corrected chi connectivity index (χ0v) is 6.16. The monoisotopic (exact) mass is 146 g/mol. The second kappa shape index (κ2) is 1.86. The van der Waals surface area contributed by atoms with E-state index < -0.39 is 0 Å². The molecule has 2 atom stereocenters. The standard InChI is InChI=1S/C7H11ClO/c8-6-3-1-2-4-7(6)5-9-7/h6H,1-5H2. The highest BCUT2D eigenvalue weighted by Gasteiger charge is 2.51. The summed E-state index contributed by atoms with van der Waals surface area (Å²) in [5.74, 6) is 0. The molecule has 0 aromatic heterocycles. The molecule has 1 saturated heterocycles. The molecule has 2 unspecified atom stereocenters. The van der Waals surface area contributed by atoms with Gasteiger partial charge in [0.05, 0.1) is 12.0 Å². The summed E-state index contributed by atoms with van der Waals surface area (Å²) in [6.45, 7) is 0.918. The first kappa shape index (κ1) is 5.99. The highest BCUT2D eigenvalue weighted by atomic mass is 35.5. The molecule has 52 valence electrons. The van der Waals surface area contributed by atoms with Crippen molar-refractivity contribution >= 4 is 11.6 Å². The molecule has 1 aliphatic heterocycles. The third-order valence-corrected chi connectivity index (χ3v) is 3.01. The SMILES string of the molecule is ClC1CCCCC12CO2. The highest BCUT2D eigenvalue weighted by molar-refractivity contribution is 6.21. The van der Waals surface area contributed by atoms with Gasteiger partial charge in [0, 0.05) is 0 Å². The maximum atomic E-state index is 6.05. The average Bonchev–Trinajstić information content (AvgIpc) is 2.60. The van der Waals surface area contributed by atoms with E-state index >= 15 is 0 Å². The molecule has 2 fully saturated rings. The Balaban J connectivity index is 2.03. The molecule has 2 rings (SSSR count). The summed E-state index contributed by atoms with van der Waals surface area (Å²) >= 11 is 6.05. The molecule has 9 heavy (non-hydrogen) atoms. The third-order valence-electron chi connectivity index (χ3n) is 2.39. The second-order valence-corrected chi connectivity index (χ2v) is 3.59. The first-order chi connectivity index (χ1) is 4.33. The molecule has 1 spiro atoms. The summed E-state index contributed by atoms with van der Waals surface area (Å²) in [6.07, 6.45) is 4.95. The van der Waals surface area contributed by atoms with Gasteiger partial charge in [0.2, 0.25) is 0 Å². The van der Waals surface area contributed by atoms with E-state index in [0.29, 0.717) is 5.38 Å². The van der Waals surface area contributed by atoms with Crippen molar-refractivity contribution in [2.24, 2.45) is 0 Å². The molecule has 1 aliphatic carbocycles. The van der Waals surface area contributed by atoms with Crippen LogP contribution in [-0.2, 0) is 4.74 Å². The number of hydrogen-bond acceptors (Lipinski definition) is 1. The van der Waals surface area contributed by atoms with Crippen LogP contribution >= 0.6 is 11.6 Å². The molecule has 0 radical (unpaired) electrons. The Bertz CT molecular complexity index is 120. The predicted molar refractivity (Wildman–Crippen MR) is 36.8 cm³/mol. The molecule has 0 N–H and O–H groups in total. The van der Waals surface area contributed by atoms with Crippen molar-refractivity contribution in [1.29, 1.82) is 0 Å². The maximum Gasteiger partial charge on any atom is 0.108 e. The van der Waals surface area contributed by atoms with E-state index in [1.165, 1.54) is 19.3 Å². The Morgan fingerprint density at radius 1 is 1.44 bits per heavy atom. The minimum Gasteiger partial charge on any atom is -0.368 e. The predicted octanol–water partition coefficient (Wildman–Crippen LogP) is 1.94. The molecule has 2 heteroatoms. The van der Waals surface area contributed by atoms with Crippen LogP contribution in [0.4, 0.5) is 0 Å². The Morgan fingerprint density at radius 3 is 2.67 bits per heavy atom. The third kappa shape index (κ3) is 0.870. The van der Waals surface area contributed by atoms with Crippen LogP contribution in [0.1, 0.15) is 25.7 Å². The second-order valence-electron chi connectivity index (χ2n) is 3.07. The molecular formula is C7H11ClO. The van der Waals surface area contributed by atoms with E-state index in [0.717, 1.165) is 13.0 Å². The van der Waals surface area contributed by atoms with E-state index in [9.17, 15) is 0 Å². The van der Waals surface area contributed by atoms with Crippen LogP contribution in [0, 0.1) is 0 Å². The molecule has 2 aliphatic rings. The van der Waals surface area contributed by atoms with Crippen molar-refractivity contribution in [3.63, 3.8) is 0 Å². The van der Waals surface area contributed by atoms with Gasteiger partial charge < -0.3 is 4.74 Å². The Hall–Kier alpha value is 0.250. The van der Waals surface area contributed by atoms with E-state index in [1.807, 2.05) is 0 Å². The fourth-order valence-electron chi connectivity index (χ4n) is 1.59. The van der Waals surface area contributed by atoms with Gasteiger partial charge in [-0.25, -0.2) is 0 Å². The van der Waals surface area contributed by atoms with Gasteiger partial charge in [0.15, 0.2) is 0 Å². The number of epoxide rings is 1. The minimum atomic E-state index is 0.153. The molecule has 0 amide bonds. The van der Waals surface area contributed by atoms with Crippen LogP contribution in [-0.4, -0.2) is 17.6 Å². The van der Waals surface area contributed by atoms with Crippen LogP contribution in [0.2, 0.25) is 0 Å². The van der Waals surface area contributed by atoms with Gasteiger partial charge in [-0.1, -0.05) is 12.8 Å². The summed E-state index contributed by atoms with van der Waals surface area (Å²) in [6, 6.07) is 0. The Morgan fingerprint density at radius 2 is 2.22 bits per heavy atom. The van der Waals surface area contributed by atoms with Crippen LogP contribution in [0.25, 0.3) is 0 Å². The number of rotatable bonds is 0. The van der Waals surface area contributed by atoms with Crippen LogP contribution < -0.4 is 0 Å². The fourth-order valence-corrected chi connectivity index (χ4v) is 1.97. The summed E-state index contributed by atoms with van der Waals surface area (Å²) in [7, 11) is 0. The molecule has 1 saturated carbocycles. The minimum absolute atomic E-state index is 0.153. The number of alkyl halides is 1. The Labute approximate surface area is 60.3 Å². The number of halogens is 1. The van der Waals surface area contributed by atoms with Gasteiger partial charge in [-0.05, 0) is 12.8 Å². The molecule has 0 aromatic carbocycles. The topological polar surface area (TPSA) is 12.5 Å². The molecular weight excluding hydrogens is 136 g/mol. The summed E-state index contributed by atoms with van der Waals surface area (Å²) in [5, 5.41) is 0.311. The van der Waals surface area contributed by atoms with E-state index in [4.69, 9.17) is 16.3 Å². The maximum absolute atomic E-state index is 6.05. The largest absolute Gasteiger partial charge is 0.368 e. The summed E-state index contributed by atoms with van der Waals surface area (Å²) in [5.41, 5.74) is 0.153. The lowest BCUT2D eigenvalue weighted by Crippen LogP contribution is -2.28. The fraction of sp³-hybridized carbons (Fsp3) is 1.00. The van der Waals surface area contributed by atoms with Crippen molar-refractivity contribution in [2.75, 3.05) is 6.61 Å². The molecule has 1 heterocycles. The summed E-state index contributed by atoms with van der Waals surface area (Å²) in [4.78, 5) is 0. The lowest BCUT2D eigenvalue weighted by Gasteiger charge is -2.22. The summed E-state index contributed by atoms with van der Waals surface area (Å²) < 4.78 is 5.32. The first-order valence-corrected chi connectivity index (χ1v) is 4.05. The lowest BCUT2D eigenvalue weighted by atomic mass is 9.89. The van der Waals surface area contributed by atoms with Crippen LogP contribution in [0.15, 0.2) is 0 Å². The Kier molecular flexibility index (Phi) is 1.24. The van der Waals surface area contributed by atoms with Crippen molar-refractivity contribution in [1.82, 2.24) is 0 Å². The highest BCUT2D eigenvalue weighted by Crippen LogP contribution is 2.44. The zero-order chi connectivity index (χ0) is 6.32. The van der Waals surface area contributed by atoms with Gasteiger partial charge in [0.1, 0.15) is 5.60 Å².